The van der Waals surface area contributed by atoms with Crippen LogP contribution in [0.5, 0.6) is 0 Å². The molecule has 0 saturated heterocycles. The molecular formula is C8H10F2N2. The number of hydrogen-bond acceptors (Lipinski definition) is 2. The molecule has 1 unspecified atom stereocenters. The molecule has 2 nitrogen and oxygen atoms in total. The van der Waals surface area contributed by atoms with Crippen LogP contribution in [0.4, 0.5) is 8.78 Å². The standard InChI is InChI=1S/C8H10F2N2/c9-6-2-1-5-12-8(6)7(10)3-4-11/h1-2,5,7H,3-4,11H2. The normalized spacial score (nSPS) is 12.9. The Morgan fingerprint density at radius 2 is 2.33 bits per heavy atom. The number of nitrogens with two attached hydrogens (primary N) is 1. The van der Waals surface area contributed by atoms with Gasteiger partial charge in [0, 0.05) is 6.20 Å². The van der Waals surface area contributed by atoms with Crippen LogP contribution in [0.15, 0.2) is 18.3 Å². The van der Waals surface area contributed by atoms with E-state index in [1.165, 1.54) is 18.3 Å². The van der Waals surface area contributed by atoms with Crippen molar-refractivity contribution in [2.24, 2.45) is 5.73 Å². The number of rotatable bonds is 3. The molecule has 1 aromatic rings. The van der Waals surface area contributed by atoms with E-state index < -0.39 is 12.0 Å². The highest BCUT2D eigenvalue weighted by Gasteiger charge is 2.14. The molecule has 0 aliphatic heterocycles. The molecule has 0 fully saturated rings. The molecule has 1 heterocycles. The first-order valence-corrected chi connectivity index (χ1v) is 3.70. The molecule has 12 heavy (non-hydrogen) atoms. The minimum absolute atomic E-state index is 0.105. The first-order chi connectivity index (χ1) is 5.75. The maximum Gasteiger partial charge on any atom is 0.147 e. The summed E-state index contributed by atoms with van der Waals surface area (Å²) in [6, 6.07) is 2.61. The molecule has 0 saturated carbocycles. The van der Waals surface area contributed by atoms with Gasteiger partial charge >= 0.3 is 0 Å². The van der Waals surface area contributed by atoms with Crippen LogP contribution >= 0.6 is 0 Å². The SMILES string of the molecule is NCCC(F)c1ncccc1F. The van der Waals surface area contributed by atoms with Gasteiger partial charge < -0.3 is 5.73 Å². The first kappa shape index (κ1) is 9.06. The van der Waals surface area contributed by atoms with Gasteiger partial charge in [0.25, 0.3) is 0 Å². The van der Waals surface area contributed by atoms with Gasteiger partial charge in [0.05, 0.1) is 0 Å². The van der Waals surface area contributed by atoms with E-state index >= 15 is 0 Å². The lowest BCUT2D eigenvalue weighted by Crippen LogP contribution is -2.06. The molecule has 0 bridgehead atoms. The Kier molecular flexibility index (Phi) is 3.10. The van der Waals surface area contributed by atoms with Crippen molar-refractivity contribution in [1.29, 1.82) is 0 Å². The number of alkyl halides is 1. The summed E-state index contributed by atoms with van der Waals surface area (Å²) in [4.78, 5) is 3.59. The Hall–Kier alpha value is -1.03. The summed E-state index contributed by atoms with van der Waals surface area (Å²) >= 11 is 0. The molecule has 1 atom stereocenters. The fourth-order valence-electron chi connectivity index (χ4n) is 0.911. The molecule has 0 radical (unpaired) electrons. The Balaban J connectivity index is 2.79. The third kappa shape index (κ3) is 1.98. The molecular weight excluding hydrogens is 162 g/mol. The summed E-state index contributed by atoms with van der Waals surface area (Å²) in [6.45, 7) is 0.192. The fourth-order valence-corrected chi connectivity index (χ4v) is 0.911. The van der Waals surface area contributed by atoms with Crippen molar-refractivity contribution < 1.29 is 8.78 Å². The van der Waals surface area contributed by atoms with Crippen LogP contribution in [0, 0.1) is 5.82 Å². The van der Waals surface area contributed by atoms with Crippen molar-refractivity contribution in [2.45, 2.75) is 12.6 Å². The van der Waals surface area contributed by atoms with Gasteiger partial charge in [0.15, 0.2) is 0 Å². The Morgan fingerprint density at radius 1 is 1.58 bits per heavy atom. The summed E-state index contributed by atoms with van der Waals surface area (Å²) in [5, 5.41) is 0. The lowest BCUT2D eigenvalue weighted by atomic mass is 10.2. The predicted molar refractivity (Wildman–Crippen MR) is 41.7 cm³/mol. The Morgan fingerprint density at radius 3 is 2.92 bits per heavy atom. The maximum absolute atomic E-state index is 13.0. The molecule has 4 heteroatoms. The van der Waals surface area contributed by atoms with Gasteiger partial charge in [-0.2, -0.15) is 0 Å². The van der Waals surface area contributed by atoms with Crippen molar-refractivity contribution in [3.05, 3.63) is 29.8 Å². The van der Waals surface area contributed by atoms with E-state index in [0.717, 1.165) is 0 Å². The summed E-state index contributed by atoms with van der Waals surface area (Å²) in [7, 11) is 0. The van der Waals surface area contributed by atoms with Crippen molar-refractivity contribution in [3.63, 3.8) is 0 Å². The van der Waals surface area contributed by atoms with Gasteiger partial charge in [0.2, 0.25) is 0 Å². The number of aromatic nitrogens is 1. The van der Waals surface area contributed by atoms with Gasteiger partial charge in [-0.15, -0.1) is 0 Å². The summed E-state index contributed by atoms with van der Waals surface area (Å²) in [5.74, 6) is -0.613. The zero-order valence-corrected chi connectivity index (χ0v) is 6.50. The summed E-state index contributed by atoms with van der Waals surface area (Å²) in [6.07, 6.45) is 0.0753. The van der Waals surface area contributed by atoms with Crippen molar-refractivity contribution in [2.75, 3.05) is 6.54 Å². The van der Waals surface area contributed by atoms with E-state index in [1.807, 2.05) is 0 Å². The highest BCUT2D eigenvalue weighted by molar-refractivity contribution is 5.09. The second-order valence-electron chi connectivity index (χ2n) is 2.42. The average Bonchev–Trinajstić information content (AvgIpc) is 2.05. The van der Waals surface area contributed by atoms with E-state index in [9.17, 15) is 8.78 Å². The quantitative estimate of drug-likeness (QED) is 0.751. The second-order valence-corrected chi connectivity index (χ2v) is 2.42. The van der Waals surface area contributed by atoms with Gasteiger partial charge in [-0.3, -0.25) is 4.98 Å². The average molecular weight is 172 g/mol. The van der Waals surface area contributed by atoms with Crippen LogP contribution < -0.4 is 5.73 Å². The molecule has 0 aromatic carbocycles. The monoisotopic (exact) mass is 172 g/mol. The van der Waals surface area contributed by atoms with Crippen LogP contribution in [-0.4, -0.2) is 11.5 Å². The smallest absolute Gasteiger partial charge is 0.147 e. The van der Waals surface area contributed by atoms with Gasteiger partial charge in [-0.25, -0.2) is 8.78 Å². The van der Waals surface area contributed by atoms with E-state index in [2.05, 4.69) is 4.98 Å². The Labute approximate surface area is 69.4 Å². The molecule has 2 N–H and O–H groups in total. The van der Waals surface area contributed by atoms with E-state index in [-0.39, 0.29) is 18.7 Å². The van der Waals surface area contributed by atoms with Crippen LogP contribution in [0.25, 0.3) is 0 Å². The van der Waals surface area contributed by atoms with Gasteiger partial charge in [-0.1, -0.05) is 0 Å². The second kappa shape index (κ2) is 4.11. The molecule has 0 spiro atoms. The lowest BCUT2D eigenvalue weighted by Gasteiger charge is -2.05. The zero-order chi connectivity index (χ0) is 8.97. The van der Waals surface area contributed by atoms with Crippen LogP contribution in [0.3, 0.4) is 0 Å². The van der Waals surface area contributed by atoms with Crippen molar-refractivity contribution in [3.8, 4) is 0 Å². The topological polar surface area (TPSA) is 38.9 Å². The fraction of sp³-hybridized carbons (Fsp3) is 0.375. The highest BCUT2D eigenvalue weighted by Crippen LogP contribution is 2.20. The molecule has 66 valence electrons. The van der Waals surface area contributed by atoms with E-state index in [1.54, 1.807) is 0 Å². The van der Waals surface area contributed by atoms with Crippen LogP contribution in [-0.2, 0) is 0 Å². The third-order valence-corrected chi connectivity index (χ3v) is 1.50. The minimum Gasteiger partial charge on any atom is -0.330 e. The largest absolute Gasteiger partial charge is 0.330 e. The minimum atomic E-state index is -1.39. The van der Waals surface area contributed by atoms with Crippen LogP contribution in [0.1, 0.15) is 18.3 Å². The number of nitrogens with zero attached hydrogens (tertiary/aromatic N) is 1. The summed E-state index contributed by atoms with van der Waals surface area (Å²) in [5.41, 5.74) is 4.98. The molecule has 0 amide bonds. The van der Waals surface area contributed by atoms with Crippen molar-refractivity contribution in [1.82, 2.24) is 4.98 Å². The maximum atomic E-state index is 13.0. The van der Waals surface area contributed by atoms with Crippen LogP contribution in [0.2, 0.25) is 0 Å². The highest BCUT2D eigenvalue weighted by atomic mass is 19.1. The zero-order valence-electron chi connectivity index (χ0n) is 6.50. The molecule has 0 aliphatic carbocycles. The number of hydrogen-bond donors (Lipinski definition) is 1. The first-order valence-electron chi connectivity index (χ1n) is 3.70. The number of halogens is 2. The van der Waals surface area contributed by atoms with E-state index in [0.29, 0.717) is 0 Å². The van der Waals surface area contributed by atoms with Gasteiger partial charge in [-0.05, 0) is 25.1 Å². The van der Waals surface area contributed by atoms with Gasteiger partial charge in [0.1, 0.15) is 17.7 Å². The molecule has 1 rings (SSSR count). The van der Waals surface area contributed by atoms with E-state index in [4.69, 9.17) is 5.73 Å². The predicted octanol–water partition coefficient (Wildman–Crippen LogP) is 1.58. The van der Waals surface area contributed by atoms with Crippen molar-refractivity contribution >= 4 is 0 Å². The molecule has 0 aliphatic rings. The number of pyridine rings is 1. The lowest BCUT2D eigenvalue weighted by molar-refractivity contribution is 0.309. The molecule has 1 aromatic heterocycles. The summed E-state index contributed by atoms with van der Waals surface area (Å²) < 4.78 is 25.8. The third-order valence-electron chi connectivity index (χ3n) is 1.50. The Bertz CT molecular complexity index is 253.